The minimum atomic E-state index is -0.173. The Morgan fingerprint density at radius 1 is 1.05 bits per heavy atom. The summed E-state index contributed by atoms with van der Waals surface area (Å²) in [6, 6.07) is 9.48. The average molecular weight is 285 g/mol. The smallest absolute Gasteiger partial charge is 0.261 e. The summed E-state index contributed by atoms with van der Waals surface area (Å²) in [5.74, 6) is -0.346. The molecule has 3 rings (SSSR count). The number of rotatable bonds is 3. The Kier molecular flexibility index (Phi) is 3.26. The number of imide groups is 1. The van der Waals surface area contributed by atoms with Crippen LogP contribution in [0.25, 0.3) is 10.8 Å². The van der Waals surface area contributed by atoms with Gasteiger partial charge >= 0.3 is 0 Å². The number of hydrogen-bond acceptors (Lipinski definition) is 3. The summed E-state index contributed by atoms with van der Waals surface area (Å²) < 4.78 is 0. The highest BCUT2D eigenvalue weighted by Crippen LogP contribution is 2.35. The van der Waals surface area contributed by atoms with Gasteiger partial charge in [0.05, 0.1) is 0 Å². The lowest BCUT2D eigenvalue weighted by molar-refractivity contribution is 0.0610. The minimum absolute atomic E-state index is 0.173. The molecule has 0 spiro atoms. The van der Waals surface area contributed by atoms with Crippen molar-refractivity contribution in [3.05, 3.63) is 41.5 Å². The molecular formula is C16H15NO2S. The lowest BCUT2D eigenvalue weighted by Crippen LogP contribution is -2.40. The van der Waals surface area contributed by atoms with Crippen molar-refractivity contribution in [2.45, 2.75) is 18.2 Å². The van der Waals surface area contributed by atoms with Gasteiger partial charge in [0.2, 0.25) is 0 Å². The minimum Gasteiger partial charge on any atom is -0.274 e. The normalized spacial score (nSPS) is 14.2. The lowest BCUT2D eigenvalue weighted by Gasteiger charge is -2.27. The summed E-state index contributed by atoms with van der Waals surface area (Å²) in [7, 11) is 0. The van der Waals surface area contributed by atoms with Gasteiger partial charge in [-0.1, -0.05) is 19.1 Å². The van der Waals surface area contributed by atoms with Crippen LogP contribution in [0.3, 0.4) is 0 Å². The van der Waals surface area contributed by atoms with E-state index < -0.39 is 0 Å². The van der Waals surface area contributed by atoms with Crippen LogP contribution < -0.4 is 0 Å². The first-order valence-corrected chi connectivity index (χ1v) is 7.87. The predicted octanol–water partition coefficient (Wildman–Crippen LogP) is 3.57. The molecule has 0 unspecified atom stereocenters. The Balaban J connectivity index is 2.33. The van der Waals surface area contributed by atoms with Crippen molar-refractivity contribution in [2.24, 2.45) is 0 Å². The molecule has 3 nitrogen and oxygen atoms in total. The van der Waals surface area contributed by atoms with Gasteiger partial charge < -0.3 is 0 Å². The maximum Gasteiger partial charge on any atom is 0.261 e. The molecule has 1 aliphatic rings. The molecule has 0 aliphatic carbocycles. The van der Waals surface area contributed by atoms with Crippen molar-refractivity contribution < 1.29 is 9.59 Å². The molecule has 102 valence electrons. The zero-order valence-corrected chi connectivity index (χ0v) is 12.3. The van der Waals surface area contributed by atoms with E-state index in [4.69, 9.17) is 0 Å². The molecule has 0 atom stereocenters. The summed E-state index contributed by atoms with van der Waals surface area (Å²) >= 11 is 1.63. The van der Waals surface area contributed by atoms with Crippen molar-refractivity contribution >= 4 is 34.3 Å². The van der Waals surface area contributed by atoms with E-state index in [2.05, 4.69) is 0 Å². The van der Waals surface area contributed by atoms with Crippen LogP contribution in [0.15, 0.2) is 35.2 Å². The fraction of sp³-hybridized carbons (Fsp3) is 0.250. The van der Waals surface area contributed by atoms with Crippen LogP contribution in [0.2, 0.25) is 0 Å². The first kappa shape index (κ1) is 13.2. The number of benzene rings is 2. The number of carbonyl (C=O) groups is 2. The first-order chi connectivity index (χ1) is 9.69. The molecule has 0 N–H and O–H groups in total. The van der Waals surface area contributed by atoms with Crippen LogP contribution in [0.4, 0.5) is 0 Å². The highest BCUT2D eigenvalue weighted by molar-refractivity contribution is 7.98. The Labute approximate surface area is 122 Å². The maximum atomic E-state index is 12.5. The fourth-order valence-electron chi connectivity index (χ4n) is 2.72. The van der Waals surface area contributed by atoms with Crippen molar-refractivity contribution in [2.75, 3.05) is 12.8 Å². The van der Waals surface area contributed by atoms with E-state index in [1.54, 1.807) is 11.8 Å². The highest BCUT2D eigenvalue weighted by Gasteiger charge is 2.32. The molecule has 0 aromatic heterocycles. The second-order valence-corrected chi connectivity index (χ2v) is 5.65. The maximum absolute atomic E-state index is 12.5. The standard InChI is InChI=1S/C16H15NO2S/c1-3-9-17-15(18)11-6-4-5-10-13(20-2)8-7-12(14(10)11)16(17)19/h4-8H,3,9H2,1-2H3. The number of thioether (sulfide) groups is 1. The van der Waals surface area contributed by atoms with Crippen molar-refractivity contribution in [3.63, 3.8) is 0 Å². The Hall–Kier alpha value is -1.81. The van der Waals surface area contributed by atoms with Crippen LogP contribution in [-0.2, 0) is 0 Å². The molecule has 2 amide bonds. The van der Waals surface area contributed by atoms with Gasteiger partial charge in [-0.15, -0.1) is 11.8 Å². The van der Waals surface area contributed by atoms with Crippen molar-refractivity contribution in [3.8, 4) is 0 Å². The van der Waals surface area contributed by atoms with E-state index in [1.165, 1.54) is 4.90 Å². The second-order valence-electron chi connectivity index (χ2n) is 4.81. The zero-order valence-electron chi connectivity index (χ0n) is 11.5. The van der Waals surface area contributed by atoms with Crippen LogP contribution >= 0.6 is 11.8 Å². The van der Waals surface area contributed by atoms with Gasteiger partial charge in [-0.3, -0.25) is 14.5 Å². The Bertz CT molecular complexity index is 701. The fourth-order valence-corrected chi connectivity index (χ4v) is 3.32. The summed E-state index contributed by atoms with van der Waals surface area (Å²) in [5.41, 5.74) is 1.28. The lowest BCUT2D eigenvalue weighted by atomic mass is 9.94. The third-order valence-corrected chi connectivity index (χ3v) is 4.41. The molecule has 1 heterocycles. The van der Waals surface area contributed by atoms with E-state index in [9.17, 15) is 9.59 Å². The number of amides is 2. The van der Waals surface area contributed by atoms with E-state index in [1.807, 2.05) is 43.5 Å². The number of carbonyl (C=O) groups excluding carboxylic acids is 2. The number of hydrogen-bond donors (Lipinski definition) is 0. The molecular weight excluding hydrogens is 270 g/mol. The third kappa shape index (κ3) is 1.75. The molecule has 20 heavy (non-hydrogen) atoms. The van der Waals surface area contributed by atoms with Crippen LogP contribution in [0, 0.1) is 0 Å². The van der Waals surface area contributed by atoms with Crippen LogP contribution in [0.5, 0.6) is 0 Å². The third-order valence-electron chi connectivity index (χ3n) is 3.62. The summed E-state index contributed by atoms with van der Waals surface area (Å²) in [5, 5.41) is 1.80. The Morgan fingerprint density at radius 2 is 1.75 bits per heavy atom. The largest absolute Gasteiger partial charge is 0.274 e. The molecule has 2 aromatic carbocycles. The van der Waals surface area contributed by atoms with Gasteiger partial charge in [0, 0.05) is 28.0 Å². The van der Waals surface area contributed by atoms with E-state index in [0.717, 1.165) is 22.1 Å². The summed E-state index contributed by atoms with van der Waals surface area (Å²) in [6.07, 6.45) is 2.77. The zero-order chi connectivity index (χ0) is 14.3. The molecule has 4 heteroatoms. The quantitative estimate of drug-likeness (QED) is 0.639. The van der Waals surface area contributed by atoms with Gasteiger partial charge in [0.1, 0.15) is 0 Å². The summed E-state index contributed by atoms with van der Waals surface area (Å²) in [6.45, 7) is 2.44. The van der Waals surface area contributed by atoms with Crippen molar-refractivity contribution in [1.29, 1.82) is 0 Å². The predicted molar refractivity (Wildman–Crippen MR) is 81.4 cm³/mol. The average Bonchev–Trinajstić information content (AvgIpc) is 2.48. The van der Waals surface area contributed by atoms with Crippen LogP contribution in [-0.4, -0.2) is 29.5 Å². The van der Waals surface area contributed by atoms with Gasteiger partial charge in [-0.05, 0) is 36.3 Å². The van der Waals surface area contributed by atoms with E-state index >= 15 is 0 Å². The highest BCUT2D eigenvalue weighted by atomic mass is 32.2. The van der Waals surface area contributed by atoms with E-state index in [0.29, 0.717) is 17.7 Å². The van der Waals surface area contributed by atoms with Gasteiger partial charge in [-0.25, -0.2) is 0 Å². The molecule has 2 aromatic rings. The SMILES string of the molecule is CCCN1C(=O)c2cccc3c(SC)ccc(c23)C1=O. The molecule has 0 fully saturated rings. The van der Waals surface area contributed by atoms with Gasteiger partial charge in [0.15, 0.2) is 0 Å². The molecule has 0 saturated carbocycles. The molecule has 0 radical (unpaired) electrons. The van der Waals surface area contributed by atoms with Crippen LogP contribution in [0.1, 0.15) is 34.1 Å². The molecule has 0 bridgehead atoms. The topological polar surface area (TPSA) is 37.4 Å². The second kappa shape index (κ2) is 4.94. The number of nitrogens with zero attached hydrogens (tertiary/aromatic N) is 1. The van der Waals surface area contributed by atoms with Gasteiger partial charge in [0.25, 0.3) is 11.8 Å². The van der Waals surface area contributed by atoms with Gasteiger partial charge in [-0.2, -0.15) is 0 Å². The van der Waals surface area contributed by atoms with E-state index in [-0.39, 0.29) is 11.8 Å². The first-order valence-electron chi connectivity index (χ1n) is 6.65. The Morgan fingerprint density at radius 3 is 2.40 bits per heavy atom. The summed E-state index contributed by atoms with van der Waals surface area (Å²) in [4.78, 5) is 27.5. The van der Waals surface area contributed by atoms with Crippen molar-refractivity contribution in [1.82, 2.24) is 4.90 Å². The monoisotopic (exact) mass is 285 g/mol. The molecule has 1 aliphatic heterocycles. The molecule has 0 saturated heterocycles.